The van der Waals surface area contributed by atoms with E-state index in [-0.39, 0.29) is 6.10 Å². The van der Waals surface area contributed by atoms with Crippen LogP contribution in [0.1, 0.15) is 25.3 Å². The summed E-state index contributed by atoms with van der Waals surface area (Å²) in [5.74, 6) is 2.08. The second kappa shape index (κ2) is 8.66. The molecule has 0 aliphatic carbocycles. The Labute approximate surface area is 120 Å². The number of hydrogen-bond donors (Lipinski definition) is 2. The van der Waals surface area contributed by atoms with Gasteiger partial charge in [-0.25, -0.2) is 0 Å². The molecule has 0 amide bonds. The average Bonchev–Trinajstić information content (AvgIpc) is 2.50. The van der Waals surface area contributed by atoms with Crippen molar-refractivity contribution in [3.8, 4) is 17.2 Å². The maximum absolute atomic E-state index is 9.51. The molecule has 0 aromatic heterocycles. The van der Waals surface area contributed by atoms with Crippen molar-refractivity contribution in [2.75, 3.05) is 27.9 Å². The van der Waals surface area contributed by atoms with Gasteiger partial charge in [0.2, 0.25) is 0 Å². The Balaban J connectivity index is 2.68. The monoisotopic (exact) mass is 283 g/mol. The fraction of sp³-hybridized carbons (Fsp3) is 0.600. The van der Waals surface area contributed by atoms with Gasteiger partial charge < -0.3 is 24.6 Å². The van der Waals surface area contributed by atoms with Gasteiger partial charge in [-0.15, -0.1) is 0 Å². The van der Waals surface area contributed by atoms with Gasteiger partial charge in [0.25, 0.3) is 0 Å². The molecule has 0 fully saturated rings. The summed E-state index contributed by atoms with van der Waals surface area (Å²) in [6.45, 7) is 3.38. The molecule has 0 aliphatic rings. The first-order valence-electron chi connectivity index (χ1n) is 6.83. The highest BCUT2D eigenvalue weighted by Crippen LogP contribution is 2.34. The lowest BCUT2D eigenvalue weighted by molar-refractivity contribution is 0.159. The molecule has 0 bridgehead atoms. The summed E-state index contributed by atoms with van der Waals surface area (Å²) in [5, 5.41) is 12.8. The molecule has 1 aromatic rings. The van der Waals surface area contributed by atoms with Gasteiger partial charge in [0.1, 0.15) is 5.75 Å². The maximum Gasteiger partial charge on any atom is 0.164 e. The fourth-order valence-electron chi connectivity index (χ4n) is 1.93. The van der Waals surface area contributed by atoms with Crippen LogP contribution >= 0.6 is 0 Å². The molecule has 0 radical (unpaired) electrons. The molecule has 1 unspecified atom stereocenters. The van der Waals surface area contributed by atoms with E-state index in [0.717, 1.165) is 30.7 Å². The van der Waals surface area contributed by atoms with Crippen LogP contribution in [-0.4, -0.2) is 39.1 Å². The fourth-order valence-corrected chi connectivity index (χ4v) is 1.93. The van der Waals surface area contributed by atoms with Crippen LogP contribution in [0.4, 0.5) is 0 Å². The molecule has 20 heavy (non-hydrogen) atoms. The van der Waals surface area contributed by atoms with E-state index in [1.165, 1.54) is 0 Å². The van der Waals surface area contributed by atoms with Crippen LogP contribution in [0.2, 0.25) is 0 Å². The van der Waals surface area contributed by atoms with E-state index in [1.54, 1.807) is 21.3 Å². The minimum atomic E-state index is -0.241. The van der Waals surface area contributed by atoms with Crippen molar-refractivity contribution >= 4 is 0 Å². The molecular weight excluding hydrogens is 258 g/mol. The molecule has 1 rings (SSSR count). The number of aliphatic hydroxyl groups excluding tert-OH is 1. The van der Waals surface area contributed by atoms with Crippen molar-refractivity contribution in [2.45, 2.75) is 32.4 Å². The Bertz CT molecular complexity index is 409. The third-order valence-electron chi connectivity index (χ3n) is 3.23. The second-order valence-electron chi connectivity index (χ2n) is 4.55. The molecule has 5 nitrogen and oxygen atoms in total. The number of rotatable bonds is 9. The molecule has 5 heteroatoms. The van der Waals surface area contributed by atoms with E-state index >= 15 is 0 Å². The molecule has 2 N–H and O–H groups in total. The van der Waals surface area contributed by atoms with E-state index in [2.05, 4.69) is 5.32 Å². The van der Waals surface area contributed by atoms with Gasteiger partial charge in [0.05, 0.1) is 27.4 Å². The van der Waals surface area contributed by atoms with Crippen molar-refractivity contribution in [3.63, 3.8) is 0 Å². The first-order valence-corrected chi connectivity index (χ1v) is 6.83. The SMILES string of the molecule is CCC(O)CCNCc1cc(OC)c(OC)cc1OC. The maximum atomic E-state index is 9.51. The number of ether oxygens (including phenoxy) is 3. The van der Waals surface area contributed by atoms with E-state index < -0.39 is 0 Å². The Morgan fingerprint density at radius 3 is 2.20 bits per heavy atom. The summed E-state index contributed by atoms with van der Waals surface area (Å²) in [5.41, 5.74) is 0.996. The molecule has 1 atom stereocenters. The Hall–Kier alpha value is -1.46. The lowest BCUT2D eigenvalue weighted by Crippen LogP contribution is -2.20. The smallest absolute Gasteiger partial charge is 0.164 e. The van der Waals surface area contributed by atoms with Crippen molar-refractivity contribution in [1.29, 1.82) is 0 Å². The molecule has 114 valence electrons. The summed E-state index contributed by atoms with van der Waals surface area (Å²) in [6.07, 6.45) is 1.28. The summed E-state index contributed by atoms with van der Waals surface area (Å²) in [7, 11) is 4.84. The third-order valence-corrected chi connectivity index (χ3v) is 3.23. The summed E-state index contributed by atoms with van der Waals surface area (Å²) in [4.78, 5) is 0. The quantitative estimate of drug-likeness (QED) is 0.678. The Morgan fingerprint density at radius 2 is 1.65 bits per heavy atom. The third kappa shape index (κ3) is 4.58. The minimum absolute atomic E-state index is 0.241. The van der Waals surface area contributed by atoms with E-state index in [9.17, 15) is 5.11 Å². The predicted molar refractivity (Wildman–Crippen MR) is 78.7 cm³/mol. The van der Waals surface area contributed by atoms with E-state index in [1.807, 2.05) is 19.1 Å². The van der Waals surface area contributed by atoms with Crippen molar-refractivity contribution in [1.82, 2.24) is 5.32 Å². The second-order valence-corrected chi connectivity index (χ2v) is 4.55. The number of hydrogen-bond acceptors (Lipinski definition) is 5. The Kier molecular flexibility index (Phi) is 7.18. The standard InChI is InChI=1S/C15H25NO4/c1-5-12(17)6-7-16-10-11-8-14(19-3)15(20-4)9-13(11)18-2/h8-9,12,16-17H,5-7,10H2,1-4H3. The highest BCUT2D eigenvalue weighted by Gasteiger charge is 2.11. The van der Waals surface area contributed by atoms with Crippen molar-refractivity contribution < 1.29 is 19.3 Å². The average molecular weight is 283 g/mol. The molecule has 0 saturated carbocycles. The van der Waals surface area contributed by atoms with Gasteiger partial charge in [-0.05, 0) is 25.5 Å². The van der Waals surface area contributed by atoms with Crippen LogP contribution < -0.4 is 19.5 Å². The van der Waals surface area contributed by atoms with Gasteiger partial charge in [-0.3, -0.25) is 0 Å². The lowest BCUT2D eigenvalue weighted by Gasteiger charge is -2.15. The summed E-state index contributed by atoms with van der Waals surface area (Å²) in [6, 6.07) is 3.72. The van der Waals surface area contributed by atoms with Crippen molar-refractivity contribution in [3.05, 3.63) is 17.7 Å². The summed E-state index contributed by atoms with van der Waals surface area (Å²) < 4.78 is 15.9. The van der Waals surface area contributed by atoms with E-state index in [0.29, 0.717) is 18.0 Å². The molecular formula is C15H25NO4. The van der Waals surface area contributed by atoms with Crippen LogP contribution in [-0.2, 0) is 6.54 Å². The highest BCUT2D eigenvalue weighted by atomic mass is 16.5. The number of aliphatic hydroxyl groups is 1. The highest BCUT2D eigenvalue weighted by molar-refractivity contribution is 5.50. The van der Waals surface area contributed by atoms with E-state index in [4.69, 9.17) is 14.2 Å². The molecule has 0 spiro atoms. The van der Waals surface area contributed by atoms with Crippen LogP contribution in [0.25, 0.3) is 0 Å². The Morgan fingerprint density at radius 1 is 1.05 bits per heavy atom. The zero-order valence-electron chi connectivity index (χ0n) is 12.7. The molecule has 0 aliphatic heterocycles. The first kappa shape index (κ1) is 16.6. The largest absolute Gasteiger partial charge is 0.496 e. The van der Waals surface area contributed by atoms with Gasteiger partial charge in [-0.1, -0.05) is 6.92 Å². The van der Waals surface area contributed by atoms with Gasteiger partial charge in [0, 0.05) is 18.2 Å². The number of methoxy groups -OCH3 is 3. The zero-order valence-corrected chi connectivity index (χ0v) is 12.7. The lowest BCUT2D eigenvalue weighted by atomic mass is 10.1. The number of nitrogens with one attached hydrogen (secondary N) is 1. The molecule has 0 saturated heterocycles. The van der Waals surface area contributed by atoms with Gasteiger partial charge in [0.15, 0.2) is 11.5 Å². The van der Waals surface area contributed by atoms with Crippen molar-refractivity contribution in [2.24, 2.45) is 0 Å². The number of benzene rings is 1. The van der Waals surface area contributed by atoms with Gasteiger partial charge in [-0.2, -0.15) is 0 Å². The van der Waals surface area contributed by atoms with Crippen LogP contribution in [0, 0.1) is 0 Å². The van der Waals surface area contributed by atoms with Crippen LogP contribution in [0.3, 0.4) is 0 Å². The van der Waals surface area contributed by atoms with Crippen LogP contribution in [0.15, 0.2) is 12.1 Å². The predicted octanol–water partition coefficient (Wildman–Crippen LogP) is 1.96. The normalized spacial score (nSPS) is 12.1. The first-order chi connectivity index (χ1) is 9.65. The molecule has 1 aromatic carbocycles. The van der Waals surface area contributed by atoms with Crippen LogP contribution in [0.5, 0.6) is 17.2 Å². The zero-order chi connectivity index (χ0) is 15.0. The minimum Gasteiger partial charge on any atom is -0.496 e. The van der Waals surface area contributed by atoms with Gasteiger partial charge >= 0.3 is 0 Å². The summed E-state index contributed by atoms with van der Waals surface area (Å²) >= 11 is 0. The molecule has 0 heterocycles. The topological polar surface area (TPSA) is 60.0 Å².